The molecule has 6 heteroatoms. The van der Waals surface area contributed by atoms with Crippen molar-refractivity contribution in [1.82, 2.24) is 15.5 Å². The first kappa shape index (κ1) is 16.5. The van der Waals surface area contributed by atoms with Crippen molar-refractivity contribution in [3.63, 3.8) is 0 Å². The van der Waals surface area contributed by atoms with E-state index in [0.717, 1.165) is 30.4 Å². The van der Waals surface area contributed by atoms with Crippen LogP contribution in [0.4, 0.5) is 10.6 Å². The molecule has 0 aliphatic carbocycles. The lowest BCUT2D eigenvalue weighted by molar-refractivity contribution is 0.0373. The van der Waals surface area contributed by atoms with Crippen molar-refractivity contribution in [2.75, 3.05) is 18.5 Å². The van der Waals surface area contributed by atoms with E-state index in [1.54, 1.807) is 0 Å². The number of ether oxygens (including phenoxy) is 1. The molecule has 1 aliphatic rings. The molecule has 1 atom stereocenters. The molecule has 132 valence electrons. The van der Waals surface area contributed by atoms with Crippen LogP contribution >= 0.6 is 0 Å². The normalized spacial score (nSPS) is 16.1. The summed E-state index contributed by atoms with van der Waals surface area (Å²) in [6.45, 7) is 1.24. The highest BCUT2D eigenvalue weighted by Crippen LogP contribution is 2.28. The molecule has 26 heavy (non-hydrogen) atoms. The van der Waals surface area contributed by atoms with Crippen LogP contribution in [-0.2, 0) is 11.2 Å². The van der Waals surface area contributed by atoms with Gasteiger partial charge in [0.1, 0.15) is 0 Å². The van der Waals surface area contributed by atoms with Crippen LogP contribution < -0.4 is 10.6 Å². The van der Waals surface area contributed by atoms with E-state index in [1.807, 2.05) is 36.4 Å². The summed E-state index contributed by atoms with van der Waals surface area (Å²) in [7, 11) is 0. The third kappa shape index (κ3) is 3.65. The van der Waals surface area contributed by atoms with Gasteiger partial charge in [-0.2, -0.15) is 0 Å². The van der Waals surface area contributed by atoms with Crippen molar-refractivity contribution in [3.05, 3.63) is 65.7 Å². The van der Waals surface area contributed by atoms with E-state index in [1.165, 1.54) is 11.1 Å². The van der Waals surface area contributed by atoms with Crippen LogP contribution in [0.2, 0.25) is 0 Å². The minimum absolute atomic E-state index is 0.0284. The fourth-order valence-corrected chi connectivity index (χ4v) is 3.24. The molecule has 2 amide bonds. The molecule has 1 unspecified atom stereocenters. The number of anilines is 1. The molecule has 0 saturated heterocycles. The van der Waals surface area contributed by atoms with E-state index in [-0.39, 0.29) is 12.1 Å². The van der Waals surface area contributed by atoms with E-state index < -0.39 is 0 Å². The summed E-state index contributed by atoms with van der Waals surface area (Å²) < 4.78 is 5.86. The number of fused-ring (bicyclic) bond motifs is 2. The second-order valence-corrected chi connectivity index (χ2v) is 6.27. The number of benzene rings is 2. The van der Waals surface area contributed by atoms with Crippen LogP contribution in [0.5, 0.6) is 0 Å². The highest BCUT2D eigenvalue weighted by atomic mass is 16.5. The van der Waals surface area contributed by atoms with Crippen LogP contribution in [0, 0.1) is 0 Å². The van der Waals surface area contributed by atoms with Crippen molar-refractivity contribution in [2.24, 2.45) is 0 Å². The Morgan fingerprint density at radius 2 is 1.96 bits per heavy atom. The summed E-state index contributed by atoms with van der Waals surface area (Å²) >= 11 is 0. The lowest BCUT2D eigenvalue weighted by Crippen LogP contribution is -2.31. The Hall–Kier alpha value is -2.99. The zero-order valence-corrected chi connectivity index (χ0v) is 14.3. The molecule has 0 radical (unpaired) electrons. The minimum Gasteiger partial charge on any atom is -0.373 e. The van der Waals surface area contributed by atoms with E-state index >= 15 is 0 Å². The Morgan fingerprint density at radius 1 is 1.12 bits per heavy atom. The summed E-state index contributed by atoms with van der Waals surface area (Å²) in [6.07, 6.45) is 1.70. The molecule has 2 N–H and O–H groups in total. The molecule has 0 saturated carbocycles. The number of hydrogen-bond acceptors (Lipinski definition) is 4. The van der Waals surface area contributed by atoms with Gasteiger partial charge >= 0.3 is 6.03 Å². The first-order chi connectivity index (χ1) is 12.8. The fourth-order valence-electron chi connectivity index (χ4n) is 3.24. The summed E-state index contributed by atoms with van der Waals surface area (Å²) in [6, 6.07) is 17.5. The first-order valence-electron chi connectivity index (χ1n) is 8.76. The minimum atomic E-state index is -0.293. The van der Waals surface area contributed by atoms with Gasteiger partial charge in [0.15, 0.2) is 5.82 Å². The molecule has 0 spiro atoms. The Labute approximate surface area is 151 Å². The van der Waals surface area contributed by atoms with Crippen molar-refractivity contribution >= 4 is 22.8 Å². The molecule has 6 nitrogen and oxygen atoms in total. The van der Waals surface area contributed by atoms with Gasteiger partial charge in [-0.1, -0.05) is 42.5 Å². The van der Waals surface area contributed by atoms with Crippen molar-refractivity contribution in [3.8, 4) is 0 Å². The molecule has 2 heterocycles. The van der Waals surface area contributed by atoms with Gasteiger partial charge in [0, 0.05) is 11.9 Å². The van der Waals surface area contributed by atoms with Crippen LogP contribution in [0.25, 0.3) is 10.9 Å². The maximum Gasteiger partial charge on any atom is 0.320 e. The predicted octanol–water partition coefficient (Wildman–Crippen LogP) is 3.46. The Balaban J connectivity index is 1.31. The number of amides is 2. The standard InChI is InChI=1S/C20H20N4O2/c25-20(22-19-13-15-6-2-4-8-17(15)23-24-19)21-11-9-18-16-7-3-1-5-14(16)10-12-26-18/h1-8,13,18H,9-12H2,(H2,21,22,24,25). The predicted molar refractivity (Wildman–Crippen MR) is 100 cm³/mol. The number of aromatic nitrogens is 2. The molecule has 4 rings (SSSR count). The molecular weight excluding hydrogens is 328 g/mol. The molecule has 2 aromatic carbocycles. The molecule has 0 bridgehead atoms. The van der Waals surface area contributed by atoms with Gasteiger partial charge in [0.25, 0.3) is 0 Å². The van der Waals surface area contributed by atoms with Gasteiger partial charge in [0.05, 0.1) is 18.2 Å². The number of nitrogens with one attached hydrogen (secondary N) is 2. The average Bonchev–Trinajstić information content (AvgIpc) is 2.68. The monoisotopic (exact) mass is 348 g/mol. The van der Waals surface area contributed by atoms with Crippen molar-refractivity contribution in [2.45, 2.75) is 18.9 Å². The SMILES string of the molecule is O=C(NCCC1OCCc2ccccc21)Nc1cc2ccccc2nn1. The number of carbonyl (C=O) groups is 1. The van der Waals surface area contributed by atoms with Gasteiger partial charge in [0.2, 0.25) is 0 Å². The second kappa shape index (κ2) is 7.49. The molecular formula is C20H20N4O2. The number of hydrogen-bond donors (Lipinski definition) is 2. The fraction of sp³-hybridized carbons (Fsp3) is 0.250. The molecule has 0 fully saturated rings. The van der Waals surface area contributed by atoms with Crippen molar-refractivity contribution < 1.29 is 9.53 Å². The molecule has 1 aromatic heterocycles. The summed E-state index contributed by atoms with van der Waals surface area (Å²) in [4.78, 5) is 12.1. The third-order valence-electron chi connectivity index (χ3n) is 4.52. The highest BCUT2D eigenvalue weighted by Gasteiger charge is 2.20. The average molecular weight is 348 g/mol. The van der Waals surface area contributed by atoms with Crippen LogP contribution in [0.1, 0.15) is 23.7 Å². The zero-order chi connectivity index (χ0) is 17.8. The third-order valence-corrected chi connectivity index (χ3v) is 4.52. The summed E-state index contributed by atoms with van der Waals surface area (Å²) in [5.74, 6) is 0.431. The van der Waals surface area contributed by atoms with Gasteiger partial charge in [-0.15, -0.1) is 10.2 Å². The lowest BCUT2D eigenvalue weighted by atomic mass is 9.96. The van der Waals surface area contributed by atoms with E-state index in [2.05, 4.69) is 39.0 Å². The quantitative estimate of drug-likeness (QED) is 0.757. The van der Waals surface area contributed by atoms with Crippen LogP contribution in [0.3, 0.4) is 0 Å². The zero-order valence-electron chi connectivity index (χ0n) is 14.3. The molecule has 1 aliphatic heterocycles. The maximum absolute atomic E-state index is 12.1. The number of nitrogens with zero attached hydrogens (tertiary/aromatic N) is 2. The van der Waals surface area contributed by atoms with Gasteiger partial charge < -0.3 is 10.1 Å². The summed E-state index contributed by atoms with van der Waals surface area (Å²) in [5.41, 5.74) is 3.35. The smallest absolute Gasteiger partial charge is 0.320 e. The highest BCUT2D eigenvalue weighted by molar-refractivity contribution is 5.90. The largest absolute Gasteiger partial charge is 0.373 e. The maximum atomic E-state index is 12.1. The van der Waals surface area contributed by atoms with E-state index in [9.17, 15) is 4.79 Å². The van der Waals surface area contributed by atoms with Crippen molar-refractivity contribution in [1.29, 1.82) is 0 Å². The Morgan fingerprint density at radius 3 is 2.92 bits per heavy atom. The van der Waals surface area contributed by atoms with Gasteiger partial charge in [-0.25, -0.2) is 4.79 Å². The number of carbonyl (C=O) groups excluding carboxylic acids is 1. The van der Waals surface area contributed by atoms with Crippen LogP contribution in [0.15, 0.2) is 54.6 Å². The first-order valence-corrected chi connectivity index (χ1v) is 8.76. The van der Waals surface area contributed by atoms with Crippen LogP contribution in [-0.4, -0.2) is 29.4 Å². The van der Waals surface area contributed by atoms with Gasteiger partial charge in [-0.05, 0) is 36.1 Å². The van der Waals surface area contributed by atoms with Gasteiger partial charge in [-0.3, -0.25) is 5.32 Å². The molecule has 3 aromatic rings. The lowest BCUT2D eigenvalue weighted by Gasteiger charge is -2.26. The Bertz CT molecular complexity index is 928. The summed E-state index contributed by atoms with van der Waals surface area (Å²) in [5, 5.41) is 14.6. The Kier molecular flexibility index (Phi) is 4.75. The van der Waals surface area contributed by atoms with E-state index in [0.29, 0.717) is 12.4 Å². The van der Waals surface area contributed by atoms with E-state index in [4.69, 9.17) is 4.74 Å². The number of rotatable bonds is 4. The topological polar surface area (TPSA) is 76.1 Å². The second-order valence-electron chi connectivity index (χ2n) is 6.27. The number of urea groups is 1.